The molecule has 0 radical (unpaired) electrons. The topological polar surface area (TPSA) is 49.3 Å². The Morgan fingerprint density at radius 2 is 2.11 bits per heavy atom. The number of hydrogen-bond acceptors (Lipinski definition) is 3. The molecule has 1 aliphatic rings. The fourth-order valence-electron chi connectivity index (χ4n) is 2.67. The summed E-state index contributed by atoms with van der Waals surface area (Å²) in [6.45, 7) is 0.914. The quantitative estimate of drug-likeness (QED) is 0.859. The number of aromatic carboxylic acids is 1. The van der Waals surface area contributed by atoms with Crippen molar-refractivity contribution in [2.45, 2.75) is 36.9 Å². The average molecular weight is 279 g/mol. The van der Waals surface area contributed by atoms with Gasteiger partial charge in [-0.1, -0.05) is 25.3 Å². The SMILES string of the molecule is CSC1(CNc2cccc(C(=O)O)c2)CCCCC1. The van der Waals surface area contributed by atoms with Crippen LogP contribution in [0.1, 0.15) is 42.5 Å². The summed E-state index contributed by atoms with van der Waals surface area (Å²) in [6, 6.07) is 7.05. The lowest BCUT2D eigenvalue weighted by Crippen LogP contribution is -2.35. The van der Waals surface area contributed by atoms with Gasteiger partial charge in [-0.2, -0.15) is 11.8 Å². The minimum absolute atomic E-state index is 0.317. The lowest BCUT2D eigenvalue weighted by molar-refractivity contribution is 0.0697. The van der Waals surface area contributed by atoms with Gasteiger partial charge in [0.1, 0.15) is 0 Å². The van der Waals surface area contributed by atoms with Crippen molar-refractivity contribution in [2.24, 2.45) is 0 Å². The van der Waals surface area contributed by atoms with Gasteiger partial charge >= 0.3 is 5.97 Å². The summed E-state index contributed by atoms with van der Waals surface area (Å²) in [5, 5.41) is 12.4. The van der Waals surface area contributed by atoms with Gasteiger partial charge in [0.25, 0.3) is 0 Å². The Morgan fingerprint density at radius 3 is 2.74 bits per heavy atom. The molecule has 1 aromatic rings. The second-order valence-electron chi connectivity index (χ2n) is 5.19. The summed E-state index contributed by atoms with van der Waals surface area (Å²) < 4.78 is 0.317. The van der Waals surface area contributed by atoms with Crippen LogP contribution in [0.5, 0.6) is 0 Å². The normalized spacial score (nSPS) is 17.9. The van der Waals surface area contributed by atoms with Crippen molar-refractivity contribution in [3.63, 3.8) is 0 Å². The van der Waals surface area contributed by atoms with E-state index in [1.807, 2.05) is 17.8 Å². The lowest BCUT2D eigenvalue weighted by Gasteiger charge is -2.36. The van der Waals surface area contributed by atoms with Crippen molar-refractivity contribution in [2.75, 3.05) is 18.1 Å². The number of benzene rings is 1. The molecule has 0 spiro atoms. The molecule has 0 aliphatic heterocycles. The molecule has 0 unspecified atom stereocenters. The van der Waals surface area contributed by atoms with E-state index in [1.165, 1.54) is 32.1 Å². The van der Waals surface area contributed by atoms with E-state index in [0.717, 1.165) is 12.2 Å². The average Bonchev–Trinajstić information content (AvgIpc) is 2.46. The molecule has 1 fully saturated rings. The highest BCUT2D eigenvalue weighted by molar-refractivity contribution is 8.00. The van der Waals surface area contributed by atoms with E-state index in [2.05, 4.69) is 11.6 Å². The van der Waals surface area contributed by atoms with Gasteiger partial charge < -0.3 is 10.4 Å². The molecule has 0 amide bonds. The van der Waals surface area contributed by atoms with Gasteiger partial charge in [-0.15, -0.1) is 0 Å². The highest BCUT2D eigenvalue weighted by Gasteiger charge is 2.30. The first-order valence-corrected chi connectivity index (χ1v) is 8.00. The lowest BCUT2D eigenvalue weighted by atomic mass is 9.88. The van der Waals surface area contributed by atoms with Gasteiger partial charge in [-0.3, -0.25) is 0 Å². The van der Waals surface area contributed by atoms with Gasteiger partial charge in [0.2, 0.25) is 0 Å². The molecule has 0 heterocycles. The van der Waals surface area contributed by atoms with Crippen molar-refractivity contribution in [3.05, 3.63) is 29.8 Å². The van der Waals surface area contributed by atoms with Gasteiger partial charge in [0.05, 0.1) is 5.56 Å². The van der Waals surface area contributed by atoms with Gasteiger partial charge in [-0.05, 0) is 37.3 Å². The number of anilines is 1. The number of nitrogens with one attached hydrogen (secondary N) is 1. The van der Waals surface area contributed by atoms with Crippen molar-refractivity contribution in [3.8, 4) is 0 Å². The molecule has 2 N–H and O–H groups in total. The van der Waals surface area contributed by atoms with Crippen molar-refractivity contribution >= 4 is 23.4 Å². The predicted molar refractivity (Wildman–Crippen MR) is 81.2 cm³/mol. The van der Waals surface area contributed by atoms with Crippen LogP contribution in [0.3, 0.4) is 0 Å². The number of carbonyl (C=O) groups is 1. The Morgan fingerprint density at radius 1 is 1.37 bits per heavy atom. The van der Waals surface area contributed by atoms with Crippen molar-refractivity contribution in [1.82, 2.24) is 0 Å². The Labute approximate surface area is 118 Å². The molecular formula is C15H21NO2S. The molecule has 104 valence electrons. The fraction of sp³-hybridized carbons (Fsp3) is 0.533. The van der Waals surface area contributed by atoms with E-state index >= 15 is 0 Å². The minimum Gasteiger partial charge on any atom is -0.478 e. The molecule has 1 aliphatic carbocycles. The molecule has 0 bridgehead atoms. The third kappa shape index (κ3) is 3.66. The first-order chi connectivity index (χ1) is 9.15. The minimum atomic E-state index is -0.874. The summed E-state index contributed by atoms with van der Waals surface area (Å²) in [5.41, 5.74) is 1.24. The zero-order valence-corrected chi connectivity index (χ0v) is 12.1. The molecule has 3 nitrogen and oxygen atoms in total. The standard InChI is InChI=1S/C15H21NO2S/c1-19-15(8-3-2-4-9-15)11-16-13-7-5-6-12(10-13)14(17)18/h5-7,10,16H,2-4,8-9,11H2,1H3,(H,17,18). The van der Waals surface area contributed by atoms with Crippen LogP contribution in [-0.4, -0.2) is 28.6 Å². The van der Waals surface area contributed by atoms with E-state index in [4.69, 9.17) is 5.11 Å². The zero-order valence-electron chi connectivity index (χ0n) is 11.3. The predicted octanol–water partition coefficient (Wildman–Crippen LogP) is 3.86. The third-order valence-corrected chi connectivity index (χ3v) is 5.34. The molecule has 0 saturated heterocycles. The second-order valence-corrected chi connectivity index (χ2v) is 6.46. The van der Waals surface area contributed by atoms with Crippen LogP contribution in [0, 0.1) is 0 Å². The Kier molecular flexibility index (Phi) is 4.75. The Balaban J connectivity index is 2.00. The number of carboxylic acid groups (broad SMARTS) is 1. The first kappa shape index (κ1) is 14.3. The fourth-order valence-corrected chi connectivity index (χ4v) is 3.59. The Bertz CT molecular complexity index is 442. The molecule has 19 heavy (non-hydrogen) atoms. The number of hydrogen-bond donors (Lipinski definition) is 2. The summed E-state index contributed by atoms with van der Waals surface area (Å²) in [4.78, 5) is 10.9. The van der Waals surface area contributed by atoms with Crippen molar-refractivity contribution < 1.29 is 9.90 Å². The number of carboxylic acids is 1. The van der Waals surface area contributed by atoms with E-state index in [-0.39, 0.29) is 0 Å². The molecule has 2 rings (SSSR count). The maximum absolute atomic E-state index is 10.9. The maximum atomic E-state index is 10.9. The highest BCUT2D eigenvalue weighted by Crippen LogP contribution is 2.38. The van der Waals surface area contributed by atoms with Gasteiger partial charge in [-0.25, -0.2) is 4.79 Å². The highest BCUT2D eigenvalue weighted by atomic mass is 32.2. The molecule has 0 atom stereocenters. The summed E-state index contributed by atoms with van der Waals surface area (Å²) in [5.74, 6) is -0.874. The summed E-state index contributed by atoms with van der Waals surface area (Å²) in [6.07, 6.45) is 8.63. The summed E-state index contributed by atoms with van der Waals surface area (Å²) in [7, 11) is 0. The van der Waals surface area contributed by atoms with Crippen LogP contribution in [0.2, 0.25) is 0 Å². The summed E-state index contributed by atoms with van der Waals surface area (Å²) >= 11 is 1.94. The molecule has 1 saturated carbocycles. The molecule has 0 aromatic heterocycles. The number of rotatable bonds is 5. The first-order valence-electron chi connectivity index (χ1n) is 6.78. The second kappa shape index (κ2) is 6.33. The van der Waals surface area contributed by atoms with E-state index in [1.54, 1.807) is 18.2 Å². The molecule has 4 heteroatoms. The van der Waals surface area contributed by atoms with E-state index in [9.17, 15) is 4.79 Å². The number of thioether (sulfide) groups is 1. The zero-order chi connectivity index (χ0) is 13.7. The molecular weight excluding hydrogens is 258 g/mol. The smallest absolute Gasteiger partial charge is 0.335 e. The molecule has 1 aromatic carbocycles. The van der Waals surface area contributed by atoms with Crippen LogP contribution >= 0.6 is 11.8 Å². The maximum Gasteiger partial charge on any atom is 0.335 e. The monoisotopic (exact) mass is 279 g/mol. The van der Waals surface area contributed by atoms with Crippen molar-refractivity contribution in [1.29, 1.82) is 0 Å². The van der Waals surface area contributed by atoms with Gasteiger partial charge in [0.15, 0.2) is 0 Å². The van der Waals surface area contributed by atoms with E-state index < -0.39 is 5.97 Å². The van der Waals surface area contributed by atoms with Crippen LogP contribution < -0.4 is 5.32 Å². The Hall–Kier alpha value is -1.16. The van der Waals surface area contributed by atoms with Crippen LogP contribution in [0.15, 0.2) is 24.3 Å². The third-order valence-electron chi connectivity index (χ3n) is 3.92. The van der Waals surface area contributed by atoms with E-state index in [0.29, 0.717) is 10.3 Å². The van der Waals surface area contributed by atoms with Crippen LogP contribution in [0.4, 0.5) is 5.69 Å². The largest absolute Gasteiger partial charge is 0.478 e. The van der Waals surface area contributed by atoms with Crippen LogP contribution in [-0.2, 0) is 0 Å². The van der Waals surface area contributed by atoms with Crippen LogP contribution in [0.25, 0.3) is 0 Å². The van der Waals surface area contributed by atoms with Gasteiger partial charge in [0, 0.05) is 17.0 Å².